The summed E-state index contributed by atoms with van der Waals surface area (Å²) >= 11 is 0. The van der Waals surface area contributed by atoms with Crippen LogP contribution in [0.15, 0.2) is 30.3 Å². The molecule has 5 aliphatic carbocycles. The number of benzene rings is 1. The molecule has 6 nitrogen and oxygen atoms in total. The molecule has 4 bridgehead atoms. The van der Waals surface area contributed by atoms with Crippen LogP contribution in [0.4, 0.5) is 4.79 Å². The van der Waals surface area contributed by atoms with E-state index in [2.05, 4.69) is 0 Å². The summed E-state index contributed by atoms with van der Waals surface area (Å²) < 4.78 is 13.5. The smallest absolute Gasteiger partial charge is 0.420 e. The molecular formula is C34H46N2O4. The molecule has 40 heavy (non-hydrogen) atoms. The number of imidazole rings is 1. The summed E-state index contributed by atoms with van der Waals surface area (Å²) in [5.41, 5.74) is 1.63. The van der Waals surface area contributed by atoms with E-state index in [1.54, 1.807) is 4.57 Å². The SMILES string of the molecule is CC(C)(C)OC(=O)n1c(C2CCCCC2)nc(C(=O)OCc2ccccc2)c1CCC12CC3CC(CC(C3)C1)C2. The lowest BCUT2D eigenvalue weighted by atomic mass is 9.48. The van der Waals surface area contributed by atoms with Gasteiger partial charge in [0.05, 0.1) is 5.69 Å². The summed E-state index contributed by atoms with van der Waals surface area (Å²) in [6, 6.07) is 9.74. The second-order valence-corrected chi connectivity index (χ2v) is 14.4. The Morgan fingerprint density at radius 3 is 2.17 bits per heavy atom. The first kappa shape index (κ1) is 27.5. The van der Waals surface area contributed by atoms with Crippen molar-refractivity contribution in [1.82, 2.24) is 9.55 Å². The zero-order valence-electron chi connectivity index (χ0n) is 24.6. The highest BCUT2D eigenvalue weighted by atomic mass is 16.6. The van der Waals surface area contributed by atoms with Gasteiger partial charge in [-0.2, -0.15) is 0 Å². The maximum absolute atomic E-state index is 13.8. The van der Waals surface area contributed by atoms with E-state index in [1.165, 1.54) is 44.9 Å². The number of esters is 1. The van der Waals surface area contributed by atoms with E-state index < -0.39 is 17.7 Å². The van der Waals surface area contributed by atoms with Gasteiger partial charge in [-0.15, -0.1) is 0 Å². The van der Waals surface area contributed by atoms with Gasteiger partial charge in [-0.25, -0.2) is 19.1 Å². The van der Waals surface area contributed by atoms with Crippen LogP contribution in [0.2, 0.25) is 0 Å². The van der Waals surface area contributed by atoms with Gasteiger partial charge in [-0.3, -0.25) is 0 Å². The van der Waals surface area contributed by atoms with Gasteiger partial charge in [0.2, 0.25) is 0 Å². The molecule has 2 aromatic rings. The fourth-order valence-electron chi connectivity index (χ4n) is 8.78. The molecule has 1 heterocycles. The standard InChI is InChI=1S/C34H46N2O4/c1-33(2,3)40-32(38)36-28(14-15-34-19-24-16-25(20-34)18-26(17-24)21-34)29(35-30(36)27-12-8-5-9-13-27)31(37)39-22-23-10-6-4-7-11-23/h4,6-7,10-11,24-27H,5,8-9,12-22H2,1-3H3. The number of hydrogen-bond donors (Lipinski definition) is 0. The van der Waals surface area contributed by atoms with E-state index in [4.69, 9.17) is 14.5 Å². The first-order valence-corrected chi connectivity index (χ1v) is 15.7. The van der Waals surface area contributed by atoms with Crippen LogP contribution >= 0.6 is 0 Å². The third kappa shape index (κ3) is 5.87. The van der Waals surface area contributed by atoms with Gasteiger partial charge in [0.15, 0.2) is 5.69 Å². The van der Waals surface area contributed by atoms with Crippen LogP contribution in [0, 0.1) is 23.2 Å². The molecule has 0 saturated heterocycles. The fourth-order valence-corrected chi connectivity index (χ4v) is 8.78. The van der Waals surface area contributed by atoms with Gasteiger partial charge in [0.1, 0.15) is 18.0 Å². The highest BCUT2D eigenvalue weighted by molar-refractivity contribution is 5.90. The lowest BCUT2D eigenvalue weighted by Gasteiger charge is -2.57. The summed E-state index contributed by atoms with van der Waals surface area (Å²) in [4.78, 5) is 32.4. The number of rotatable bonds is 7. The van der Waals surface area contributed by atoms with Crippen molar-refractivity contribution in [2.75, 3.05) is 0 Å². The molecule has 1 aromatic carbocycles. The van der Waals surface area contributed by atoms with Crippen LogP contribution in [0.1, 0.15) is 131 Å². The van der Waals surface area contributed by atoms with E-state index in [0.29, 0.717) is 29.0 Å². The third-order valence-electron chi connectivity index (χ3n) is 10.0. The minimum absolute atomic E-state index is 0.148. The molecule has 0 unspecified atom stereocenters. The van der Waals surface area contributed by atoms with Crippen LogP contribution in [-0.2, 0) is 22.5 Å². The summed E-state index contributed by atoms with van der Waals surface area (Å²) in [6.07, 6.45) is 14.7. The van der Waals surface area contributed by atoms with E-state index in [9.17, 15) is 9.59 Å². The van der Waals surface area contributed by atoms with Gasteiger partial charge in [-0.1, -0.05) is 49.6 Å². The lowest BCUT2D eigenvalue weighted by molar-refractivity contribution is -0.0572. The maximum atomic E-state index is 13.8. The quantitative estimate of drug-likeness (QED) is 0.327. The first-order chi connectivity index (χ1) is 19.2. The Kier molecular flexibility index (Phi) is 7.56. The first-order valence-electron chi connectivity index (χ1n) is 15.7. The number of carbonyl (C=O) groups excluding carboxylic acids is 2. The molecule has 1 aromatic heterocycles. The normalized spacial score (nSPS) is 28.0. The molecule has 216 valence electrons. The second-order valence-electron chi connectivity index (χ2n) is 14.4. The van der Waals surface area contributed by atoms with Crippen LogP contribution in [0.3, 0.4) is 0 Å². The average molecular weight is 547 g/mol. The van der Waals surface area contributed by atoms with Gasteiger partial charge in [-0.05, 0) is 114 Å². The number of ether oxygens (including phenoxy) is 2. The fraction of sp³-hybridized carbons (Fsp3) is 0.676. The van der Waals surface area contributed by atoms with Gasteiger partial charge in [0.25, 0.3) is 0 Å². The Balaban J connectivity index is 1.34. The van der Waals surface area contributed by atoms with Crippen molar-refractivity contribution >= 4 is 12.1 Å². The molecule has 0 spiro atoms. The Hall–Kier alpha value is -2.63. The van der Waals surface area contributed by atoms with Gasteiger partial charge in [0, 0.05) is 5.92 Å². The van der Waals surface area contributed by atoms with Crippen molar-refractivity contribution < 1.29 is 19.1 Å². The predicted molar refractivity (Wildman–Crippen MR) is 154 cm³/mol. The van der Waals surface area contributed by atoms with Crippen LogP contribution in [-0.4, -0.2) is 27.2 Å². The monoisotopic (exact) mass is 546 g/mol. The minimum Gasteiger partial charge on any atom is -0.456 e. The lowest BCUT2D eigenvalue weighted by Crippen LogP contribution is -2.46. The predicted octanol–water partition coefficient (Wildman–Crippen LogP) is 8.22. The van der Waals surface area contributed by atoms with Crippen molar-refractivity contribution in [3.63, 3.8) is 0 Å². The molecular weight excluding hydrogens is 500 g/mol. The molecule has 0 aliphatic heterocycles. The highest BCUT2D eigenvalue weighted by Gasteiger charge is 2.50. The number of hydrogen-bond acceptors (Lipinski definition) is 5. The topological polar surface area (TPSA) is 70.4 Å². The van der Waals surface area contributed by atoms with E-state index in [0.717, 1.165) is 55.4 Å². The van der Waals surface area contributed by atoms with Crippen LogP contribution in [0.25, 0.3) is 0 Å². The van der Waals surface area contributed by atoms with Crippen molar-refractivity contribution in [2.45, 2.75) is 122 Å². The van der Waals surface area contributed by atoms with Gasteiger partial charge < -0.3 is 9.47 Å². The van der Waals surface area contributed by atoms with Crippen molar-refractivity contribution in [3.05, 3.63) is 53.1 Å². The van der Waals surface area contributed by atoms with E-state index >= 15 is 0 Å². The molecule has 0 N–H and O–H groups in total. The van der Waals surface area contributed by atoms with E-state index in [1.807, 2.05) is 51.1 Å². The Bertz CT molecular complexity index is 1180. The largest absolute Gasteiger partial charge is 0.456 e. The molecule has 0 atom stereocenters. The minimum atomic E-state index is -0.642. The Labute approximate surface area is 239 Å². The number of aromatic nitrogens is 2. The Morgan fingerprint density at radius 1 is 0.950 bits per heavy atom. The number of carbonyl (C=O) groups is 2. The second kappa shape index (κ2) is 11.0. The molecule has 0 radical (unpaired) electrons. The van der Waals surface area contributed by atoms with Gasteiger partial charge >= 0.3 is 12.1 Å². The highest BCUT2D eigenvalue weighted by Crippen LogP contribution is 2.61. The Morgan fingerprint density at radius 2 is 1.57 bits per heavy atom. The zero-order valence-corrected chi connectivity index (χ0v) is 24.6. The maximum Gasteiger partial charge on any atom is 0.420 e. The van der Waals surface area contributed by atoms with Crippen molar-refractivity contribution in [1.29, 1.82) is 0 Å². The molecule has 5 fully saturated rings. The molecule has 0 amide bonds. The van der Waals surface area contributed by atoms with Crippen LogP contribution < -0.4 is 0 Å². The molecule has 5 saturated carbocycles. The summed E-state index contributed by atoms with van der Waals surface area (Å²) in [5.74, 6) is 2.97. The third-order valence-corrected chi connectivity index (χ3v) is 10.0. The number of nitrogens with zero attached hydrogens (tertiary/aromatic N) is 2. The summed E-state index contributed by atoms with van der Waals surface area (Å²) in [5, 5.41) is 0. The average Bonchev–Trinajstić information content (AvgIpc) is 3.30. The van der Waals surface area contributed by atoms with Crippen molar-refractivity contribution in [3.8, 4) is 0 Å². The van der Waals surface area contributed by atoms with Crippen LogP contribution in [0.5, 0.6) is 0 Å². The summed E-state index contributed by atoms with van der Waals surface area (Å²) in [7, 11) is 0. The molecule has 6 heteroatoms. The zero-order chi connectivity index (χ0) is 27.9. The molecule has 5 aliphatic rings. The molecule has 7 rings (SSSR count). The summed E-state index contributed by atoms with van der Waals surface area (Å²) in [6.45, 7) is 5.87. The van der Waals surface area contributed by atoms with Crippen molar-refractivity contribution in [2.24, 2.45) is 23.2 Å². The van der Waals surface area contributed by atoms with E-state index in [-0.39, 0.29) is 12.5 Å².